The quantitative estimate of drug-likeness (QED) is 0.254. The Bertz CT molecular complexity index is 1280. The Morgan fingerprint density at radius 1 is 1.00 bits per heavy atom. The van der Waals surface area contributed by atoms with E-state index in [1.165, 1.54) is 36.2 Å². The van der Waals surface area contributed by atoms with Crippen molar-refractivity contribution < 1.29 is 14.1 Å². The van der Waals surface area contributed by atoms with Crippen LogP contribution in [0.25, 0.3) is 22.9 Å². The van der Waals surface area contributed by atoms with Crippen LogP contribution in [-0.4, -0.2) is 20.1 Å². The summed E-state index contributed by atoms with van der Waals surface area (Å²) in [5, 5.41) is 19.9. The lowest BCUT2D eigenvalue weighted by atomic mass is 9.87. The van der Waals surface area contributed by atoms with Crippen LogP contribution in [0.3, 0.4) is 0 Å². The molecule has 4 aromatic rings. The van der Waals surface area contributed by atoms with Gasteiger partial charge in [0.05, 0.1) is 21.7 Å². The van der Waals surface area contributed by atoms with Gasteiger partial charge in [0.1, 0.15) is 11.5 Å². The SMILES string of the molecule is CC(C)(C)c1ccc(-c2nnc(-c3cc([N+](=O)[O-])ccc3Oc3cncc(Cl)c3)o2)cc1. The van der Waals surface area contributed by atoms with Gasteiger partial charge >= 0.3 is 0 Å². The summed E-state index contributed by atoms with van der Waals surface area (Å²) in [5.41, 5.74) is 2.08. The molecule has 4 rings (SSSR count). The van der Waals surface area contributed by atoms with Crippen molar-refractivity contribution in [2.24, 2.45) is 0 Å². The van der Waals surface area contributed by atoms with E-state index in [1.54, 1.807) is 6.07 Å². The number of hydrogen-bond acceptors (Lipinski definition) is 7. The molecule has 0 amide bonds. The standard InChI is InChI=1S/C23H19ClN4O4/c1-23(2,3)15-6-4-14(5-7-15)21-26-27-22(32-21)19-11-17(28(29)30)8-9-20(19)31-18-10-16(24)12-25-13-18/h4-13H,1-3H3. The molecule has 0 aliphatic carbocycles. The highest BCUT2D eigenvalue weighted by Crippen LogP contribution is 2.37. The summed E-state index contributed by atoms with van der Waals surface area (Å²) in [7, 11) is 0. The zero-order valence-electron chi connectivity index (χ0n) is 17.6. The number of pyridine rings is 1. The van der Waals surface area contributed by atoms with E-state index in [-0.39, 0.29) is 28.3 Å². The van der Waals surface area contributed by atoms with Gasteiger partial charge in [-0.05, 0) is 29.2 Å². The maximum Gasteiger partial charge on any atom is 0.270 e. The highest BCUT2D eigenvalue weighted by molar-refractivity contribution is 6.30. The van der Waals surface area contributed by atoms with Crippen molar-refractivity contribution in [3.63, 3.8) is 0 Å². The first-order valence-corrected chi connectivity index (χ1v) is 10.1. The van der Waals surface area contributed by atoms with Crippen molar-refractivity contribution in [1.29, 1.82) is 0 Å². The summed E-state index contributed by atoms with van der Waals surface area (Å²) in [4.78, 5) is 14.8. The first-order valence-electron chi connectivity index (χ1n) is 9.72. The van der Waals surface area contributed by atoms with Crippen LogP contribution in [0, 0.1) is 10.1 Å². The van der Waals surface area contributed by atoms with Gasteiger partial charge in [-0.3, -0.25) is 15.1 Å². The van der Waals surface area contributed by atoms with Crippen molar-refractivity contribution in [3.05, 3.63) is 81.6 Å². The Morgan fingerprint density at radius 3 is 2.38 bits per heavy atom. The van der Waals surface area contributed by atoms with Crippen molar-refractivity contribution in [2.45, 2.75) is 26.2 Å². The van der Waals surface area contributed by atoms with E-state index >= 15 is 0 Å². The minimum absolute atomic E-state index is 0.0168. The molecule has 0 fully saturated rings. The molecule has 0 unspecified atom stereocenters. The molecule has 0 radical (unpaired) electrons. The number of nitro groups is 1. The molecule has 0 aliphatic rings. The molecule has 0 aliphatic heterocycles. The van der Waals surface area contributed by atoms with Gasteiger partial charge in [0.25, 0.3) is 11.6 Å². The number of nitro benzene ring substituents is 1. The monoisotopic (exact) mass is 450 g/mol. The summed E-state index contributed by atoms with van der Waals surface area (Å²) in [5.74, 6) is 1.04. The molecule has 162 valence electrons. The van der Waals surface area contributed by atoms with E-state index in [9.17, 15) is 10.1 Å². The average Bonchev–Trinajstić information content (AvgIpc) is 3.23. The molecule has 8 nitrogen and oxygen atoms in total. The van der Waals surface area contributed by atoms with E-state index in [4.69, 9.17) is 20.8 Å². The van der Waals surface area contributed by atoms with Crippen LogP contribution in [0.2, 0.25) is 5.02 Å². The molecule has 0 bridgehead atoms. The molecule has 0 atom stereocenters. The zero-order valence-corrected chi connectivity index (χ0v) is 18.3. The van der Waals surface area contributed by atoms with E-state index in [0.29, 0.717) is 16.7 Å². The topological polar surface area (TPSA) is 104 Å². The summed E-state index contributed by atoms with van der Waals surface area (Å²) < 4.78 is 11.7. The lowest BCUT2D eigenvalue weighted by Crippen LogP contribution is -2.10. The number of hydrogen-bond donors (Lipinski definition) is 0. The second kappa shape index (κ2) is 8.39. The maximum atomic E-state index is 11.3. The first-order chi connectivity index (χ1) is 15.2. The van der Waals surface area contributed by atoms with Crippen molar-refractivity contribution in [3.8, 4) is 34.4 Å². The molecule has 32 heavy (non-hydrogen) atoms. The minimum Gasteiger partial charge on any atom is -0.455 e. The van der Waals surface area contributed by atoms with E-state index < -0.39 is 4.92 Å². The van der Waals surface area contributed by atoms with Gasteiger partial charge in [0.2, 0.25) is 5.89 Å². The fraction of sp³-hybridized carbons (Fsp3) is 0.174. The number of benzene rings is 2. The lowest BCUT2D eigenvalue weighted by molar-refractivity contribution is -0.384. The second-order valence-corrected chi connectivity index (χ2v) is 8.55. The van der Waals surface area contributed by atoms with Crippen LogP contribution in [0.4, 0.5) is 5.69 Å². The van der Waals surface area contributed by atoms with Gasteiger partial charge in [0, 0.05) is 30.0 Å². The van der Waals surface area contributed by atoms with E-state index in [2.05, 4.69) is 36.0 Å². The third-order valence-electron chi connectivity index (χ3n) is 4.73. The Morgan fingerprint density at radius 2 is 1.72 bits per heavy atom. The first kappa shape index (κ1) is 21.5. The fourth-order valence-electron chi connectivity index (χ4n) is 3.02. The minimum atomic E-state index is -0.503. The Balaban J connectivity index is 1.71. The molecule has 2 aromatic heterocycles. The van der Waals surface area contributed by atoms with Crippen LogP contribution < -0.4 is 4.74 Å². The van der Waals surface area contributed by atoms with Crippen LogP contribution in [0.15, 0.2) is 65.3 Å². The predicted octanol–water partition coefficient (Wildman–Crippen LogP) is 6.45. The molecule has 9 heteroatoms. The highest BCUT2D eigenvalue weighted by Gasteiger charge is 2.20. The largest absolute Gasteiger partial charge is 0.455 e. The third-order valence-corrected chi connectivity index (χ3v) is 4.94. The molecule has 0 spiro atoms. The van der Waals surface area contributed by atoms with Crippen molar-refractivity contribution >= 4 is 17.3 Å². The summed E-state index contributed by atoms with van der Waals surface area (Å²) in [6.07, 6.45) is 2.95. The molecule has 0 saturated carbocycles. The number of ether oxygens (including phenoxy) is 1. The van der Waals surface area contributed by atoms with E-state index in [0.717, 1.165) is 5.56 Å². The number of aromatic nitrogens is 3. The molecular weight excluding hydrogens is 432 g/mol. The normalized spacial score (nSPS) is 11.4. The van der Waals surface area contributed by atoms with Crippen LogP contribution >= 0.6 is 11.6 Å². The Hall–Kier alpha value is -3.78. The number of nitrogens with zero attached hydrogens (tertiary/aromatic N) is 4. The van der Waals surface area contributed by atoms with Crippen LogP contribution in [-0.2, 0) is 5.41 Å². The number of rotatable bonds is 5. The number of non-ortho nitro benzene ring substituents is 1. The van der Waals surface area contributed by atoms with Gasteiger partial charge in [-0.15, -0.1) is 10.2 Å². The van der Waals surface area contributed by atoms with Crippen molar-refractivity contribution in [1.82, 2.24) is 15.2 Å². The molecule has 2 heterocycles. The smallest absolute Gasteiger partial charge is 0.270 e. The van der Waals surface area contributed by atoms with Gasteiger partial charge in [-0.25, -0.2) is 0 Å². The summed E-state index contributed by atoms with van der Waals surface area (Å²) in [6.45, 7) is 6.39. The van der Waals surface area contributed by atoms with Gasteiger partial charge in [-0.2, -0.15) is 0 Å². The second-order valence-electron chi connectivity index (χ2n) is 8.12. The fourth-order valence-corrected chi connectivity index (χ4v) is 3.19. The van der Waals surface area contributed by atoms with E-state index in [1.807, 2.05) is 24.3 Å². The van der Waals surface area contributed by atoms with Gasteiger partial charge in [-0.1, -0.05) is 44.5 Å². The third kappa shape index (κ3) is 4.60. The zero-order chi connectivity index (χ0) is 22.9. The summed E-state index contributed by atoms with van der Waals surface area (Å²) in [6, 6.07) is 13.5. The van der Waals surface area contributed by atoms with Gasteiger partial charge in [0.15, 0.2) is 0 Å². The van der Waals surface area contributed by atoms with Gasteiger partial charge < -0.3 is 9.15 Å². The molecule has 2 aromatic carbocycles. The highest BCUT2D eigenvalue weighted by atomic mass is 35.5. The number of halogens is 1. The lowest BCUT2D eigenvalue weighted by Gasteiger charge is -2.18. The Labute approximate surface area is 189 Å². The Kier molecular flexibility index (Phi) is 5.63. The molecule has 0 N–H and O–H groups in total. The maximum absolute atomic E-state index is 11.3. The predicted molar refractivity (Wildman–Crippen MR) is 120 cm³/mol. The average molecular weight is 451 g/mol. The van der Waals surface area contributed by atoms with Crippen LogP contribution in [0.1, 0.15) is 26.3 Å². The molecule has 0 saturated heterocycles. The van der Waals surface area contributed by atoms with Crippen molar-refractivity contribution in [2.75, 3.05) is 0 Å². The molecular formula is C23H19ClN4O4. The summed E-state index contributed by atoms with van der Waals surface area (Å²) >= 11 is 5.97. The van der Waals surface area contributed by atoms with Crippen LogP contribution in [0.5, 0.6) is 11.5 Å².